The molecule has 1 saturated heterocycles. The lowest BCUT2D eigenvalue weighted by molar-refractivity contribution is -0.125. The van der Waals surface area contributed by atoms with Gasteiger partial charge in [0.05, 0.1) is 13.1 Å². The average molecular weight is 401 g/mol. The van der Waals surface area contributed by atoms with Gasteiger partial charge < -0.3 is 10.6 Å². The zero-order valence-electron chi connectivity index (χ0n) is 16.2. The Bertz CT molecular complexity index is 837. The summed E-state index contributed by atoms with van der Waals surface area (Å²) in [5, 5.41) is 4.99. The second-order valence-corrected chi connectivity index (χ2v) is 7.36. The van der Waals surface area contributed by atoms with Crippen molar-refractivity contribution in [1.82, 2.24) is 10.2 Å². The Morgan fingerprint density at radius 2 is 1.69 bits per heavy atom. The number of carbonyl (C=O) groups is 2. The van der Waals surface area contributed by atoms with Crippen LogP contribution in [0.1, 0.15) is 18.4 Å². The van der Waals surface area contributed by atoms with Gasteiger partial charge in [-0.1, -0.05) is 30.3 Å². The summed E-state index contributed by atoms with van der Waals surface area (Å²) in [7, 11) is 0. The number of carbonyl (C=O) groups excluding carboxylic acids is 2. The van der Waals surface area contributed by atoms with Gasteiger partial charge in [0.2, 0.25) is 11.8 Å². The molecular formula is C22H25F2N3O2. The van der Waals surface area contributed by atoms with E-state index in [1.807, 2.05) is 6.07 Å². The molecule has 0 atom stereocenters. The van der Waals surface area contributed by atoms with Crippen molar-refractivity contribution < 1.29 is 18.4 Å². The van der Waals surface area contributed by atoms with E-state index in [4.69, 9.17) is 0 Å². The number of likely N-dealkylation sites (tertiary alicyclic amines) is 1. The van der Waals surface area contributed by atoms with Crippen LogP contribution in [0.15, 0.2) is 48.5 Å². The topological polar surface area (TPSA) is 61.4 Å². The molecule has 2 N–H and O–H groups in total. The molecule has 0 aliphatic carbocycles. The van der Waals surface area contributed by atoms with Crippen LogP contribution in [0.4, 0.5) is 14.5 Å². The third kappa shape index (κ3) is 6.64. The molecule has 0 bridgehead atoms. The molecular weight excluding hydrogens is 376 g/mol. The molecule has 0 unspecified atom stereocenters. The lowest BCUT2D eigenvalue weighted by Gasteiger charge is -2.31. The molecule has 29 heavy (non-hydrogen) atoms. The van der Waals surface area contributed by atoms with Gasteiger partial charge in [0.25, 0.3) is 0 Å². The highest BCUT2D eigenvalue weighted by molar-refractivity contribution is 5.94. The Morgan fingerprint density at radius 1 is 0.966 bits per heavy atom. The van der Waals surface area contributed by atoms with Crippen molar-refractivity contribution in [3.05, 3.63) is 65.7 Å². The molecule has 1 aliphatic heterocycles. The van der Waals surface area contributed by atoms with E-state index in [2.05, 4.69) is 39.8 Å². The summed E-state index contributed by atoms with van der Waals surface area (Å²) < 4.78 is 26.0. The Balaban J connectivity index is 1.34. The molecule has 5 nitrogen and oxygen atoms in total. The van der Waals surface area contributed by atoms with Crippen LogP contribution in [-0.2, 0) is 16.0 Å². The minimum absolute atomic E-state index is 0.142. The van der Waals surface area contributed by atoms with Crippen LogP contribution >= 0.6 is 0 Å². The lowest BCUT2D eigenvalue weighted by atomic mass is 9.90. The zero-order chi connectivity index (χ0) is 20.6. The minimum Gasteiger partial charge on any atom is -0.346 e. The van der Waals surface area contributed by atoms with Crippen LogP contribution in [0.25, 0.3) is 0 Å². The van der Waals surface area contributed by atoms with E-state index in [0.717, 1.165) is 44.5 Å². The number of amides is 2. The maximum atomic E-state index is 13.2. The van der Waals surface area contributed by atoms with Gasteiger partial charge in [-0.3, -0.25) is 14.5 Å². The van der Waals surface area contributed by atoms with E-state index < -0.39 is 17.5 Å². The summed E-state index contributed by atoms with van der Waals surface area (Å²) in [5.74, 6) is -2.12. The molecule has 0 aromatic heterocycles. The molecule has 3 rings (SSSR count). The summed E-state index contributed by atoms with van der Waals surface area (Å²) in [4.78, 5) is 26.1. The number of halogens is 2. The summed E-state index contributed by atoms with van der Waals surface area (Å²) in [6, 6.07) is 13.5. The first-order valence-electron chi connectivity index (χ1n) is 9.77. The Labute approximate surface area is 169 Å². The monoisotopic (exact) mass is 401 g/mol. The highest BCUT2D eigenvalue weighted by Crippen LogP contribution is 2.21. The molecule has 0 radical (unpaired) electrons. The first-order chi connectivity index (χ1) is 14.0. The maximum absolute atomic E-state index is 13.2. The van der Waals surface area contributed by atoms with Gasteiger partial charge in [-0.05, 0) is 56.0 Å². The number of hydrogen-bond acceptors (Lipinski definition) is 3. The van der Waals surface area contributed by atoms with Crippen LogP contribution in [0.5, 0.6) is 0 Å². The first kappa shape index (κ1) is 20.9. The number of nitrogens with zero attached hydrogens (tertiary/aromatic N) is 1. The van der Waals surface area contributed by atoms with Crippen LogP contribution in [0.3, 0.4) is 0 Å². The van der Waals surface area contributed by atoms with Crippen molar-refractivity contribution >= 4 is 17.5 Å². The number of hydrogen-bond donors (Lipinski definition) is 2. The average Bonchev–Trinajstić information content (AvgIpc) is 2.71. The fraction of sp³-hybridized carbons (Fsp3) is 0.364. The Morgan fingerprint density at radius 3 is 2.38 bits per heavy atom. The number of nitrogens with one attached hydrogen (secondary N) is 2. The molecule has 0 saturated carbocycles. The normalized spacial score (nSPS) is 15.1. The van der Waals surface area contributed by atoms with Crippen molar-refractivity contribution in [2.24, 2.45) is 5.92 Å². The van der Waals surface area contributed by atoms with Crippen LogP contribution in [-0.4, -0.2) is 42.9 Å². The van der Waals surface area contributed by atoms with Gasteiger partial charge in [-0.25, -0.2) is 8.78 Å². The Hall–Kier alpha value is -2.80. The molecule has 1 heterocycles. The van der Waals surface area contributed by atoms with Crippen molar-refractivity contribution in [1.29, 1.82) is 0 Å². The van der Waals surface area contributed by atoms with Gasteiger partial charge in [0.15, 0.2) is 11.6 Å². The van der Waals surface area contributed by atoms with E-state index in [1.165, 1.54) is 11.6 Å². The SMILES string of the molecule is O=C(CN1CCC(Cc2ccccc2)CC1)NCC(=O)Nc1ccc(F)c(F)c1. The highest BCUT2D eigenvalue weighted by Gasteiger charge is 2.21. The van der Waals surface area contributed by atoms with Gasteiger partial charge in [-0.15, -0.1) is 0 Å². The lowest BCUT2D eigenvalue weighted by Crippen LogP contribution is -2.43. The van der Waals surface area contributed by atoms with E-state index in [1.54, 1.807) is 0 Å². The van der Waals surface area contributed by atoms with E-state index in [0.29, 0.717) is 5.92 Å². The van der Waals surface area contributed by atoms with Gasteiger partial charge in [-0.2, -0.15) is 0 Å². The maximum Gasteiger partial charge on any atom is 0.243 e. The molecule has 2 aromatic rings. The summed E-state index contributed by atoms with van der Waals surface area (Å²) in [5.41, 5.74) is 1.49. The Kier molecular flexibility index (Phi) is 7.30. The summed E-state index contributed by atoms with van der Waals surface area (Å²) >= 11 is 0. The third-order valence-corrected chi connectivity index (χ3v) is 5.09. The van der Waals surface area contributed by atoms with E-state index in [-0.39, 0.29) is 24.7 Å². The van der Waals surface area contributed by atoms with E-state index in [9.17, 15) is 18.4 Å². The van der Waals surface area contributed by atoms with Crippen molar-refractivity contribution in [2.75, 3.05) is 31.5 Å². The molecule has 2 aromatic carbocycles. The first-order valence-corrected chi connectivity index (χ1v) is 9.77. The second-order valence-electron chi connectivity index (χ2n) is 7.36. The molecule has 1 fully saturated rings. The van der Waals surface area contributed by atoms with Gasteiger partial charge >= 0.3 is 0 Å². The number of anilines is 1. The fourth-order valence-corrected chi connectivity index (χ4v) is 3.51. The smallest absolute Gasteiger partial charge is 0.243 e. The molecule has 1 aliphatic rings. The van der Waals surface area contributed by atoms with Crippen molar-refractivity contribution in [2.45, 2.75) is 19.3 Å². The van der Waals surface area contributed by atoms with Gasteiger partial charge in [0.1, 0.15) is 0 Å². The predicted molar refractivity (Wildman–Crippen MR) is 107 cm³/mol. The fourth-order valence-electron chi connectivity index (χ4n) is 3.51. The number of benzene rings is 2. The molecule has 154 valence electrons. The molecule has 2 amide bonds. The highest BCUT2D eigenvalue weighted by atomic mass is 19.2. The van der Waals surface area contributed by atoms with Crippen LogP contribution in [0, 0.1) is 17.6 Å². The van der Waals surface area contributed by atoms with Crippen molar-refractivity contribution in [3.8, 4) is 0 Å². The van der Waals surface area contributed by atoms with E-state index >= 15 is 0 Å². The quantitative estimate of drug-likeness (QED) is 0.750. The minimum atomic E-state index is -1.04. The molecule has 7 heteroatoms. The van der Waals surface area contributed by atoms with Crippen LogP contribution in [0.2, 0.25) is 0 Å². The molecule has 0 spiro atoms. The largest absolute Gasteiger partial charge is 0.346 e. The van der Waals surface area contributed by atoms with Crippen LogP contribution < -0.4 is 10.6 Å². The number of rotatable bonds is 7. The zero-order valence-corrected chi connectivity index (χ0v) is 16.2. The number of piperidine rings is 1. The predicted octanol–water partition coefficient (Wildman–Crippen LogP) is 2.97. The summed E-state index contributed by atoms with van der Waals surface area (Å²) in [6.07, 6.45) is 3.14. The summed E-state index contributed by atoms with van der Waals surface area (Å²) in [6.45, 7) is 1.73. The standard InChI is InChI=1S/C22H25F2N3O2/c23-19-7-6-18(13-20(19)24)26-21(28)14-25-22(29)15-27-10-8-17(9-11-27)12-16-4-2-1-3-5-16/h1-7,13,17H,8-12,14-15H2,(H,25,29)(H,26,28). The van der Waals surface area contributed by atoms with Crippen molar-refractivity contribution in [3.63, 3.8) is 0 Å². The van der Waals surface area contributed by atoms with Gasteiger partial charge in [0, 0.05) is 11.8 Å². The third-order valence-electron chi connectivity index (χ3n) is 5.09. The second kappa shape index (κ2) is 10.1.